The maximum atomic E-state index is 12.2. The van der Waals surface area contributed by atoms with E-state index in [9.17, 15) is 10.2 Å². The molecule has 0 aliphatic rings. The summed E-state index contributed by atoms with van der Waals surface area (Å²) in [7, 11) is 0. The number of hydrogen-bond donors (Lipinski definition) is 1. The maximum Gasteiger partial charge on any atom is 0.188 e. The number of rotatable bonds is 5. The topological polar surface area (TPSA) is 67.2 Å². The molecule has 0 saturated heterocycles. The zero-order valence-electron chi connectivity index (χ0n) is 12.0. The normalized spacial score (nSPS) is 10.8. The second kappa shape index (κ2) is 5.86. The molecule has 1 heterocycles. The highest BCUT2D eigenvalue weighted by Crippen LogP contribution is 2.39. The SMILES string of the molecule is CCOc1c(O)cc(CCn2ccnc2C)c([O])c1C. The Kier molecular flexibility index (Phi) is 4.17. The van der Waals surface area contributed by atoms with Crippen molar-refractivity contribution in [3.05, 3.63) is 35.4 Å². The molecule has 0 aliphatic carbocycles. The van der Waals surface area contributed by atoms with E-state index in [1.165, 1.54) is 6.07 Å². The third-order valence-electron chi connectivity index (χ3n) is 3.35. The summed E-state index contributed by atoms with van der Waals surface area (Å²) in [5.41, 5.74) is 1.06. The van der Waals surface area contributed by atoms with Gasteiger partial charge in [0.2, 0.25) is 0 Å². The molecule has 5 heteroatoms. The monoisotopic (exact) mass is 275 g/mol. The Hall–Kier alpha value is -2.17. The van der Waals surface area contributed by atoms with Gasteiger partial charge in [0.25, 0.3) is 0 Å². The Morgan fingerprint density at radius 1 is 1.40 bits per heavy atom. The Balaban J connectivity index is 2.22. The second-order valence-electron chi connectivity index (χ2n) is 4.69. The average molecular weight is 275 g/mol. The van der Waals surface area contributed by atoms with Crippen LogP contribution >= 0.6 is 0 Å². The molecular weight excluding hydrogens is 256 g/mol. The fraction of sp³-hybridized carbons (Fsp3) is 0.400. The van der Waals surface area contributed by atoms with Gasteiger partial charge in [-0.2, -0.15) is 0 Å². The Morgan fingerprint density at radius 2 is 2.15 bits per heavy atom. The van der Waals surface area contributed by atoms with E-state index in [0.29, 0.717) is 36.4 Å². The van der Waals surface area contributed by atoms with Gasteiger partial charge < -0.3 is 14.4 Å². The van der Waals surface area contributed by atoms with Gasteiger partial charge in [-0.15, -0.1) is 0 Å². The van der Waals surface area contributed by atoms with Crippen LogP contribution in [0.5, 0.6) is 17.2 Å². The van der Waals surface area contributed by atoms with E-state index in [1.54, 1.807) is 13.1 Å². The fourth-order valence-corrected chi connectivity index (χ4v) is 2.23. The lowest BCUT2D eigenvalue weighted by atomic mass is 10.0. The third-order valence-corrected chi connectivity index (χ3v) is 3.35. The van der Waals surface area contributed by atoms with Gasteiger partial charge in [0.1, 0.15) is 5.82 Å². The van der Waals surface area contributed by atoms with Gasteiger partial charge in [-0.05, 0) is 33.3 Å². The number of imidazole rings is 1. The summed E-state index contributed by atoms with van der Waals surface area (Å²) in [6.45, 7) is 6.49. The molecule has 0 saturated carbocycles. The summed E-state index contributed by atoms with van der Waals surface area (Å²) < 4.78 is 7.28. The molecule has 0 aliphatic heterocycles. The van der Waals surface area contributed by atoms with Crippen LogP contribution in [0.4, 0.5) is 0 Å². The van der Waals surface area contributed by atoms with Crippen LogP contribution in [-0.2, 0) is 18.1 Å². The molecule has 2 rings (SSSR count). The first-order valence-electron chi connectivity index (χ1n) is 6.67. The van der Waals surface area contributed by atoms with Gasteiger partial charge in [0, 0.05) is 30.1 Å². The minimum atomic E-state index is -0.0657. The minimum absolute atomic E-state index is 0.0290. The second-order valence-corrected chi connectivity index (χ2v) is 4.69. The van der Waals surface area contributed by atoms with Crippen molar-refractivity contribution < 1.29 is 14.9 Å². The molecule has 0 fully saturated rings. The number of aromatic hydroxyl groups is 1. The van der Waals surface area contributed by atoms with E-state index < -0.39 is 0 Å². The summed E-state index contributed by atoms with van der Waals surface area (Å²) in [4.78, 5) is 4.14. The van der Waals surface area contributed by atoms with Crippen LogP contribution in [0.3, 0.4) is 0 Å². The van der Waals surface area contributed by atoms with Crippen molar-refractivity contribution in [3.63, 3.8) is 0 Å². The lowest BCUT2D eigenvalue weighted by Crippen LogP contribution is -2.03. The maximum absolute atomic E-state index is 12.2. The average Bonchev–Trinajstić information content (AvgIpc) is 2.83. The number of nitrogens with zero attached hydrogens (tertiary/aromatic N) is 2. The lowest BCUT2D eigenvalue weighted by Gasteiger charge is -2.13. The quantitative estimate of drug-likeness (QED) is 0.912. The van der Waals surface area contributed by atoms with Gasteiger partial charge in [-0.3, -0.25) is 5.11 Å². The first-order chi connectivity index (χ1) is 9.54. The zero-order valence-corrected chi connectivity index (χ0v) is 12.0. The van der Waals surface area contributed by atoms with Gasteiger partial charge >= 0.3 is 0 Å². The van der Waals surface area contributed by atoms with E-state index in [1.807, 2.05) is 24.6 Å². The molecule has 20 heavy (non-hydrogen) atoms. The van der Waals surface area contributed by atoms with Gasteiger partial charge in [0.05, 0.1) is 6.61 Å². The van der Waals surface area contributed by atoms with Crippen LogP contribution in [0.1, 0.15) is 23.9 Å². The molecule has 107 valence electrons. The Morgan fingerprint density at radius 3 is 2.75 bits per heavy atom. The van der Waals surface area contributed by atoms with Gasteiger partial charge in [0.15, 0.2) is 17.2 Å². The first kappa shape index (κ1) is 14.2. The number of aryl methyl sites for hydroxylation is 3. The number of phenolic OH excluding ortho intramolecular Hbond substituents is 1. The fourth-order valence-electron chi connectivity index (χ4n) is 2.23. The van der Waals surface area contributed by atoms with Crippen molar-refractivity contribution in [1.82, 2.24) is 9.55 Å². The van der Waals surface area contributed by atoms with Crippen LogP contribution in [0, 0.1) is 13.8 Å². The van der Waals surface area contributed by atoms with E-state index in [-0.39, 0.29) is 11.5 Å². The number of hydrogen-bond acceptors (Lipinski definition) is 3. The van der Waals surface area contributed by atoms with Gasteiger partial charge in [-0.1, -0.05) is 0 Å². The molecule has 0 spiro atoms. The molecule has 0 amide bonds. The molecule has 2 aromatic rings. The summed E-state index contributed by atoms with van der Waals surface area (Å²) in [6, 6.07) is 1.51. The van der Waals surface area contributed by atoms with Crippen molar-refractivity contribution in [1.29, 1.82) is 0 Å². The highest BCUT2D eigenvalue weighted by molar-refractivity contribution is 5.56. The predicted molar refractivity (Wildman–Crippen MR) is 74.8 cm³/mol. The third kappa shape index (κ3) is 2.71. The summed E-state index contributed by atoms with van der Waals surface area (Å²) in [5.74, 6) is 1.16. The van der Waals surface area contributed by atoms with Crippen molar-refractivity contribution in [2.24, 2.45) is 0 Å². The van der Waals surface area contributed by atoms with Crippen molar-refractivity contribution in [2.75, 3.05) is 6.61 Å². The van der Waals surface area contributed by atoms with E-state index in [2.05, 4.69) is 4.98 Å². The number of benzene rings is 1. The van der Waals surface area contributed by atoms with Crippen LogP contribution in [0.15, 0.2) is 18.5 Å². The number of ether oxygens (including phenoxy) is 1. The summed E-state index contributed by atoms with van der Waals surface area (Å²) >= 11 is 0. The van der Waals surface area contributed by atoms with Gasteiger partial charge in [-0.25, -0.2) is 4.98 Å². The summed E-state index contributed by atoms with van der Waals surface area (Å²) in [6.07, 6.45) is 4.16. The van der Waals surface area contributed by atoms with E-state index in [0.717, 1.165) is 5.82 Å². The van der Waals surface area contributed by atoms with Crippen LogP contribution in [-0.4, -0.2) is 21.3 Å². The minimum Gasteiger partial charge on any atom is -0.504 e. The smallest absolute Gasteiger partial charge is 0.188 e. The Labute approximate surface area is 118 Å². The molecule has 1 aromatic heterocycles. The lowest BCUT2D eigenvalue weighted by molar-refractivity contribution is 0.302. The largest absolute Gasteiger partial charge is 0.504 e. The number of aromatic nitrogens is 2. The van der Waals surface area contributed by atoms with E-state index >= 15 is 0 Å². The standard InChI is InChI=1S/C15H19N2O3/c1-4-20-15-10(2)14(19)12(9-13(15)18)5-7-17-8-6-16-11(17)3/h6,8-9,18H,4-5,7H2,1-3H3. The van der Waals surface area contributed by atoms with Crippen LogP contribution in [0.2, 0.25) is 0 Å². The Bertz CT molecular complexity index is 605. The van der Waals surface area contributed by atoms with Crippen molar-refractivity contribution in [3.8, 4) is 17.2 Å². The number of phenols is 1. The molecule has 0 atom stereocenters. The molecular formula is C15H19N2O3. The highest BCUT2D eigenvalue weighted by atomic mass is 16.5. The van der Waals surface area contributed by atoms with Crippen molar-refractivity contribution in [2.45, 2.75) is 33.7 Å². The van der Waals surface area contributed by atoms with Crippen molar-refractivity contribution >= 4 is 0 Å². The molecule has 5 nitrogen and oxygen atoms in total. The van der Waals surface area contributed by atoms with E-state index in [4.69, 9.17) is 4.74 Å². The highest BCUT2D eigenvalue weighted by Gasteiger charge is 2.17. The molecule has 1 aromatic carbocycles. The van der Waals surface area contributed by atoms with Crippen LogP contribution < -0.4 is 4.74 Å². The molecule has 1 radical (unpaired) electrons. The molecule has 0 bridgehead atoms. The molecule has 0 unspecified atom stereocenters. The first-order valence-corrected chi connectivity index (χ1v) is 6.67. The van der Waals surface area contributed by atoms with Crippen LogP contribution in [0.25, 0.3) is 0 Å². The predicted octanol–water partition coefficient (Wildman–Crippen LogP) is 2.99. The molecule has 1 N–H and O–H groups in total. The zero-order chi connectivity index (χ0) is 14.7. The summed E-state index contributed by atoms with van der Waals surface area (Å²) in [5, 5.41) is 22.2.